The zero-order chi connectivity index (χ0) is 58.3. The van der Waals surface area contributed by atoms with Crippen LogP contribution in [0.3, 0.4) is 0 Å². The predicted octanol–water partition coefficient (Wildman–Crippen LogP) is 24.2. The first kappa shape index (κ1) is 52.3. The second-order valence-corrected chi connectivity index (χ2v) is 27.1. The van der Waals surface area contributed by atoms with Crippen LogP contribution in [0.15, 0.2) is 243 Å². The molecule has 14 aromatic rings. The molecule has 0 unspecified atom stereocenters. The van der Waals surface area contributed by atoms with Crippen LogP contribution in [0.25, 0.3) is 96.0 Å². The summed E-state index contributed by atoms with van der Waals surface area (Å²) in [4.78, 5) is 5.16. The molecule has 0 bridgehead atoms. The van der Waals surface area contributed by atoms with Crippen LogP contribution in [0.1, 0.15) is 72.2 Å². The van der Waals surface area contributed by atoms with E-state index in [0.29, 0.717) is 0 Å². The van der Waals surface area contributed by atoms with Gasteiger partial charge in [-0.2, -0.15) is 0 Å². The summed E-state index contributed by atoms with van der Waals surface area (Å²) in [6.07, 6.45) is 0. The van der Waals surface area contributed by atoms with E-state index in [-0.39, 0.29) is 10.8 Å². The van der Waals surface area contributed by atoms with Crippen molar-refractivity contribution < 1.29 is 0 Å². The van der Waals surface area contributed by atoms with Crippen LogP contribution in [0.5, 0.6) is 0 Å². The third kappa shape index (κ3) is 7.89. The average Bonchev–Trinajstić information content (AvgIpc) is 1.56. The van der Waals surface area contributed by atoms with E-state index in [1.54, 1.807) is 0 Å². The van der Waals surface area contributed by atoms with Crippen molar-refractivity contribution in [3.05, 3.63) is 287 Å². The summed E-state index contributed by atoms with van der Waals surface area (Å²) in [5.74, 6) is 0. The van der Waals surface area contributed by atoms with E-state index in [0.717, 1.165) is 11.4 Å². The lowest BCUT2D eigenvalue weighted by molar-refractivity contribution is 0.660. The lowest BCUT2D eigenvalue weighted by atomic mass is 9.81. The Kier molecular flexibility index (Phi) is 11.9. The van der Waals surface area contributed by atoms with Crippen molar-refractivity contribution in [3.8, 4) is 55.6 Å². The number of thiophene rings is 2. The van der Waals surface area contributed by atoms with Gasteiger partial charge in [0, 0.05) is 64.3 Å². The highest BCUT2D eigenvalue weighted by Crippen LogP contribution is 2.56. The molecule has 2 heterocycles. The maximum atomic E-state index is 2.58. The third-order valence-electron chi connectivity index (χ3n) is 19.2. The van der Waals surface area contributed by atoms with E-state index < -0.39 is 0 Å². The maximum Gasteiger partial charge on any atom is 0.0640 e. The number of benzene rings is 12. The monoisotopic (exact) mass is 1140 g/mol. The minimum atomic E-state index is -0.125. The van der Waals surface area contributed by atoms with Crippen LogP contribution >= 0.6 is 22.7 Å². The summed E-state index contributed by atoms with van der Waals surface area (Å²) in [6.45, 7) is 18.7. The molecule has 0 saturated carbocycles. The van der Waals surface area contributed by atoms with Crippen LogP contribution in [0.4, 0.5) is 34.1 Å². The molecule has 414 valence electrons. The van der Waals surface area contributed by atoms with E-state index in [1.165, 1.54) is 163 Å². The molecule has 0 radical (unpaired) electrons. The number of aryl methyl sites for hydroxylation is 4. The molecule has 16 rings (SSSR count). The van der Waals surface area contributed by atoms with Crippen molar-refractivity contribution in [1.82, 2.24) is 0 Å². The van der Waals surface area contributed by atoms with Gasteiger partial charge in [0.25, 0.3) is 0 Å². The van der Waals surface area contributed by atoms with Gasteiger partial charge in [0.2, 0.25) is 0 Å². The third-order valence-corrected chi connectivity index (χ3v) is 21.6. The SMILES string of the molecule is Cc1cc(-c2ccc(N(c3c(C)cccc3-c3ccc4c(c3)C(C)(C)c3ccccc3-4)c3cccc4c3sc3ccccc34)c(C)c2)ccc1N(c1c(C)cccc1-c1ccc2c(c1)C(C)(C)c1ccccc1-2)c1cccc2c1sc1ccccc12. The van der Waals surface area contributed by atoms with Crippen molar-refractivity contribution in [1.29, 1.82) is 0 Å². The van der Waals surface area contributed by atoms with Crippen LogP contribution in [-0.4, -0.2) is 0 Å². The number of hydrogen-bond donors (Lipinski definition) is 0. The average molecular weight is 1140 g/mol. The van der Waals surface area contributed by atoms with Gasteiger partial charge in [0.1, 0.15) is 0 Å². The molecule has 0 atom stereocenters. The molecule has 12 aromatic carbocycles. The number of hydrogen-bond acceptors (Lipinski definition) is 4. The Labute approximate surface area is 512 Å². The molecule has 2 aliphatic carbocycles. The Hall–Kier alpha value is -9.32. The molecule has 4 heteroatoms. The minimum Gasteiger partial charge on any atom is -0.308 e. The highest BCUT2D eigenvalue weighted by Gasteiger charge is 2.38. The summed E-state index contributed by atoms with van der Waals surface area (Å²) in [5.41, 5.74) is 29.8. The van der Waals surface area contributed by atoms with E-state index in [1.807, 2.05) is 22.7 Å². The molecule has 86 heavy (non-hydrogen) atoms. The highest BCUT2D eigenvalue weighted by molar-refractivity contribution is 7.26. The quantitative estimate of drug-likeness (QED) is 0.142. The Bertz CT molecular complexity index is 4820. The lowest BCUT2D eigenvalue weighted by Crippen LogP contribution is -2.16. The van der Waals surface area contributed by atoms with E-state index in [4.69, 9.17) is 0 Å². The molecule has 2 nitrogen and oxygen atoms in total. The maximum absolute atomic E-state index is 2.58. The van der Waals surface area contributed by atoms with E-state index in [2.05, 4.69) is 308 Å². The van der Waals surface area contributed by atoms with Gasteiger partial charge in [0.15, 0.2) is 0 Å². The first-order valence-electron chi connectivity index (χ1n) is 30.1. The smallest absolute Gasteiger partial charge is 0.0640 e. The minimum absolute atomic E-state index is 0.125. The summed E-state index contributed by atoms with van der Waals surface area (Å²) < 4.78 is 5.15. The number of para-hydroxylation sites is 2. The fourth-order valence-electron chi connectivity index (χ4n) is 14.9. The fraction of sp³-hybridized carbons (Fsp3) is 0.122. The van der Waals surface area contributed by atoms with Gasteiger partial charge in [0.05, 0.1) is 32.1 Å². The molecule has 0 spiro atoms. The van der Waals surface area contributed by atoms with Crippen molar-refractivity contribution in [2.45, 2.75) is 66.2 Å². The molecule has 0 saturated heterocycles. The molecule has 0 amide bonds. The van der Waals surface area contributed by atoms with Gasteiger partial charge in [-0.3, -0.25) is 0 Å². The normalized spacial score (nSPS) is 13.5. The summed E-state index contributed by atoms with van der Waals surface area (Å²) in [5, 5.41) is 5.15. The Morgan fingerprint density at radius 3 is 1.07 bits per heavy atom. The van der Waals surface area contributed by atoms with Crippen molar-refractivity contribution in [2.24, 2.45) is 0 Å². The van der Waals surface area contributed by atoms with Gasteiger partial charge in [-0.15, -0.1) is 22.7 Å². The lowest BCUT2D eigenvalue weighted by Gasteiger charge is -2.32. The molecule has 0 fully saturated rings. The molecule has 2 aromatic heterocycles. The predicted molar refractivity (Wildman–Crippen MR) is 372 cm³/mol. The fourth-order valence-corrected chi connectivity index (χ4v) is 17.3. The number of anilines is 6. The van der Waals surface area contributed by atoms with Crippen molar-refractivity contribution in [3.63, 3.8) is 0 Å². The van der Waals surface area contributed by atoms with E-state index >= 15 is 0 Å². The van der Waals surface area contributed by atoms with Gasteiger partial charge in [-0.05, 0) is 177 Å². The highest BCUT2D eigenvalue weighted by atomic mass is 32.1. The second kappa shape index (κ2) is 19.6. The topological polar surface area (TPSA) is 6.48 Å². The van der Waals surface area contributed by atoms with Crippen molar-refractivity contribution >= 4 is 97.1 Å². The van der Waals surface area contributed by atoms with Gasteiger partial charge < -0.3 is 9.80 Å². The summed E-state index contributed by atoms with van der Waals surface area (Å²) >= 11 is 3.78. The largest absolute Gasteiger partial charge is 0.308 e. The number of fused-ring (bicyclic) bond motifs is 12. The Balaban J connectivity index is 0.845. The second-order valence-electron chi connectivity index (χ2n) is 25.0. The zero-order valence-electron chi connectivity index (χ0n) is 49.8. The first-order valence-corrected chi connectivity index (χ1v) is 31.8. The molecule has 0 N–H and O–H groups in total. The molecule has 2 aliphatic rings. The van der Waals surface area contributed by atoms with Crippen LogP contribution in [0.2, 0.25) is 0 Å². The first-order chi connectivity index (χ1) is 41.8. The van der Waals surface area contributed by atoms with Gasteiger partial charge >= 0.3 is 0 Å². The molecular weight excluding hydrogens is 1080 g/mol. The summed E-state index contributed by atoms with van der Waals surface area (Å²) in [7, 11) is 0. The zero-order valence-corrected chi connectivity index (χ0v) is 51.4. The van der Waals surface area contributed by atoms with Gasteiger partial charge in [-0.25, -0.2) is 0 Å². The standard InChI is InChI=1S/C82H64N2S2/c1-49-21-17-27-57(55-37-41-61-59-23-9-13-31-67(59)81(5,6)69(61)47-55)77(49)83(73-33-19-29-65-63-25-11-15-35-75(63)85-79(65)73)71-43-39-53(45-51(71)3)54-40-44-72(52(4)46-54)84(74-34-20-30-66-64-26-12-16-36-76(64)86-80(66)74)78-50(2)22-18-28-58(78)56-38-42-62-60-24-10-14-32-68(60)82(7,8)70(62)48-56/h9-48H,1-8H3. The number of rotatable bonds is 9. The van der Waals surface area contributed by atoms with E-state index in [9.17, 15) is 0 Å². The van der Waals surface area contributed by atoms with Crippen LogP contribution in [0, 0.1) is 27.7 Å². The van der Waals surface area contributed by atoms with Crippen LogP contribution in [-0.2, 0) is 10.8 Å². The molecule has 0 aliphatic heterocycles. The Morgan fingerprint density at radius 2 is 0.628 bits per heavy atom. The van der Waals surface area contributed by atoms with Crippen LogP contribution < -0.4 is 9.80 Å². The Morgan fingerprint density at radius 1 is 0.267 bits per heavy atom. The van der Waals surface area contributed by atoms with Crippen molar-refractivity contribution in [2.75, 3.05) is 9.80 Å². The molecular formula is C82H64N2S2. The number of nitrogens with zero attached hydrogens (tertiary/aromatic N) is 2. The summed E-state index contributed by atoms with van der Waals surface area (Å²) in [6, 6.07) is 91.8. The van der Waals surface area contributed by atoms with Gasteiger partial charge in [-0.1, -0.05) is 210 Å².